The summed E-state index contributed by atoms with van der Waals surface area (Å²) in [6, 6.07) is 13.0. The third-order valence-corrected chi connectivity index (χ3v) is 5.48. The van der Waals surface area contributed by atoms with E-state index in [1.807, 2.05) is 29.2 Å². The highest BCUT2D eigenvalue weighted by atomic mass is 16.7. The van der Waals surface area contributed by atoms with Gasteiger partial charge in [-0.15, -0.1) is 0 Å². The van der Waals surface area contributed by atoms with Gasteiger partial charge in [-0.05, 0) is 49.1 Å². The topological polar surface area (TPSA) is 77.1 Å². The van der Waals surface area contributed by atoms with Crippen LogP contribution >= 0.6 is 0 Å². The largest absolute Gasteiger partial charge is 0.483 e. The van der Waals surface area contributed by atoms with Gasteiger partial charge >= 0.3 is 0 Å². The molecule has 158 valence electrons. The molecule has 1 N–H and O–H groups in total. The van der Waals surface area contributed by atoms with Gasteiger partial charge in [-0.2, -0.15) is 0 Å². The Labute approximate surface area is 175 Å². The molecular weight excluding hydrogens is 384 g/mol. The highest BCUT2D eigenvalue weighted by Gasteiger charge is 2.26. The average Bonchev–Trinajstić information content (AvgIpc) is 3.26. The van der Waals surface area contributed by atoms with Crippen LogP contribution in [0.25, 0.3) is 0 Å². The van der Waals surface area contributed by atoms with Crippen molar-refractivity contribution in [1.82, 2.24) is 10.2 Å². The van der Waals surface area contributed by atoms with E-state index in [4.69, 9.17) is 14.2 Å². The van der Waals surface area contributed by atoms with Gasteiger partial charge in [0.1, 0.15) is 5.75 Å². The van der Waals surface area contributed by atoms with E-state index in [0.717, 1.165) is 17.7 Å². The quantitative estimate of drug-likeness (QED) is 0.793. The van der Waals surface area contributed by atoms with E-state index in [1.165, 1.54) is 0 Å². The number of amides is 2. The Bertz CT molecular complexity index is 922. The van der Waals surface area contributed by atoms with Gasteiger partial charge in [0.25, 0.3) is 11.8 Å². The number of carbonyl (C=O) groups is 2. The van der Waals surface area contributed by atoms with E-state index in [-0.39, 0.29) is 31.3 Å². The summed E-state index contributed by atoms with van der Waals surface area (Å²) < 4.78 is 16.3. The Kier molecular flexibility index (Phi) is 6.07. The first kappa shape index (κ1) is 20.1. The molecule has 0 bridgehead atoms. The molecule has 2 heterocycles. The number of para-hydroxylation sites is 1. The zero-order valence-electron chi connectivity index (χ0n) is 17.1. The smallest absolute Gasteiger partial charge is 0.258 e. The molecule has 4 rings (SSSR count). The second-order valence-corrected chi connectivity index (χ2v) is 7.45. The molecule has 0 radical (unpaired) electrons. The molecule has 2 aliphatic heterocycles. The summed E-state index contributed by atoms with van der Waals surface area (Å²) in [5.41, 5.74) is 1.67. The number of likely N-dealkylation sites (tertiary alicyclic amines) is 1. The Hall–Kier alpha value is -3.22. The minimum Gasteiger partial charge on any atom is -0.483 e. The van der Waals surface area contributed by atoms with Gasteiger partial charge in [0.15, 0.2) is 18.1 Å². The monoisotopic (exact) mass is 410 g/mol. The SMILES string of the molecule is CCc1ccccc1OCC(=O)NC1CCN(C(=O)c2ccc3c(c2)OCO3)CC1. The van der Waals surface area contributed by atoms with E-state index < -0.39 is 0 Å². The van der Waals surface area contributed by atoms with Crippen LogP contribution in [-0.2, 0) is 11.2 Å². The van der Waals surface area contributed by atoms with Gasteiger partial charge in [-0.3, -0.25) is 9.59 Å². The van der Waals surface area contributed by atoms with Crippen LogP contribution in [0, 0.1) is 0 Å². The molecule has 7 nitrogen and oxygen atoms in total. The van der Waals surface area contributed by atoms with E-state index in [0.29, 0.717) is 43.0 Å². The molecule has 0 aliphatic carbocycles. The van der Waals surface area contributed by atoms with Crippen molar-refractivity contribution in [2.75, 3.05) is 26.5 Å². The van der Waals surface area contributed by atoms with Crippen molar-refractivity contribution in [3.8, 4) is 17.2 Å². The highest BCUT2D eigenvalue weighted by molar-refractivity contribution is 5.95. The average molecular weight is 410 g/mol. The van der Waals surface area contributed by atoms with Crippen LogP contribution in [0.3, 0.4) is 0 Å². The molecule has 0 atom stereocenters. The molecular formula is C23H26N2O5. The predicted octanol–water partition coefficient (Wildman–Crippen LogP) is 2.78. The number of nitrogens with one attached hydrogen (secondary N) is 1. The maximum absolute atomic E-state index is 12.8. The zero-order valence-corrected chi connectivity index (χ0v) is 17.1. The predicted molar refractivity (Wildman–Crippen MR) is 111 cm³/mol. The number of hydrogen-bond donors (Lipinski definition) is 1. The van der Waals surface area contributed by atoms with Crippen molar-refractivity contribution in [2.24, 2.45) is 0 Å². The number of nitrogens with zero attached hydrogens (tertiary/aromatic N) is 1. The first-order valence-corrected chi connectivity index (χ1v) is 10.3. The second kappa shape index (κ2) is 9.07. The molecule has 2 aliphatic rings. The van der Waals surface area contributed by atoms with Crippen LogP contribution in [0.4, 0.5) is 0 Å². The van der Waals surface area contributed by atoms with Gasteiger partial charge in [0, 0.05) is 24.7 Å². The van der Waals surface area contributed by atoms with E-state index in [9.17, 15) is 9.59 Å². The lowest BCUT2D eigenvalue weighted by atomic mass is 10.0. The number of fused-ring (bicyclic) bond motifs is 1. The van der Waals surface area contributed by atoms with Gasteiger partial charge in [-0.25, -0.2) is 0 Å². The highest BCUT2D eigenvalue weighted by Crippen LogP contribution is 2.33. The Morgan fingerprint density at radius 2 is 1.87 bits per heavy atom. The summed E-state index contributed by atoms with van der Waals surface area (Å²) in [7, 11) is 0. The second-order valence-electron chi connectivity index (χ2n) is 7.45. The fraction of sp³-hybridized carbons (Fsp3) is 0.391. The third kappa shape index (κ3) is 4.50. The maximum Gasteiger partial charge on any atom is 0.258 e. The van der Waals surface area contributed by atoms with Gasteiger partial charge in [-0.1, -0.05) is 25.1 Å². The molecule has 7 heteroatoms. The molecule has 1 fully saturated rings. The Balaban J connectivity index is 1.24. The molecule has 2 amide bonds. The van der Waals surface area contributed by atoms with Crippen LogP contribution in [0.15, 0.2) is 42.5 Å². The molecule has 30 heavy (non-hydrogen) atoms. The molecule has 0 unspecified atom stereocenters. The van der Waals surface area contributed by atoms with Crippen molar-refractivity contribution in [3.63, 3.8) is 0 Å². The lowest BCUT2D eigenvalue weighted by Crippen LogP contribution is -2.47. The van der Waals surface area contributed by atoms with Crippen molar-refractivity contribution < 1.29 is 23.8 Å². The number of rotatable bonds is 6. The van der Waals surface area contributed by atoms with E-state index >= 15 is 0 Å². The fourth-order valence-corrected chi connectivity index (χ4v) is 3.79. The third-order valence-electron chi connectivity index (χ3n) is 5.48. The number of piperidine rings is 1. The Morgan fingerprint density at radius 1 is 1.10 bits per heavy atom. The number of benzene rings is 2. The molecule has 2 aromatic carbocycles. The normalized spacial score (nSPS) is 15.7. The van der Waals surface area contributed by atoms with Crippen molar-refractivity contribution in [2.45, 2.75) is 32.2 Å². The van der Waals surface area contributed by atoms with Gasteiger partial charge in [0.2, 0.25) is 6.79 Å². The number of aryl methyl sites for hydroxylation is 1. The fourth-order valence-electron chi connectivity index (χ4n) is 3.79. The first-order chi connectivity index (χ1) is 14.6. The molecule has 0 spiro atoms. The summed E-state index contributed by atoms with van der Waals surface area (Å²) >= 11 is 0. The van der Waals surface area contributed by atoms with Crippen LogP contribution in [-0.4, -0.2) is 49.2 Å². The molecule has 0 saturated carbocycles. The minimum atomic E-state index is -0.138. The molecule has 1 saturated heterocycles. The van der Waals surface area contributed by atoms with E-state index in [1.54, 1.807) is 18.2 Å². The van der Waals surface area contributed by atoms with Crippen molar-refractivity contribution in [3.05, 3.63) is 53.6 Å². The maximum atomic E-state index is 12.8. The van der Waals surface area contributed by atoms with Crippen LogP contribution in [0.5, 0.6) is 17.2 Å². The zero-order chi connectivity index (χ0) is 20.9. The standard InChI is InChI=1S/C23H26N2O5/c1-2-16-5-3-4-6-19(16)28-14-22(26)24-18-9-11-25(12-10-18)23(27)17-7-8-20-21(13-17)30-15-29-20/h3-8,13,18H,2,9-12,14-15H2,1H3,(H,24,26). The Morgan fingerprint density at radius 3 is 2.67 bits per heavy atom. The number of ether oxygens (including phenoxy) is 3. The summed E-state index contributed by atoms with van der Waals surface area (Å²) in [4.78, 5) is 26.9. The van der Waals surface area contributed by atoms with Crippen molar-refractivity contribution in [1.29, 1.82) is 0 Å². The van der Waals surface area contributed by atoms with Crippen LogP contribution < -0.4 is 19.5 Å². The molecule has 0 aromatic heterocycles. The van der Waals surface area contributed by atoms with Gasteiger partial charge in [0.05, 0.1) is 0 Å². The summed E-state index contributed by atoms with van der Waals surface area (Å²) in [6.07, 6.45) is 2.29. The molecule has 2 aromatic rings. The van der Waals surface area contributed by atoms with Crippen molar-refractivity contribution >= 4 is 11.8 Å². The van der Waals surface area contributed by atoms with Gasteiger partial charge < -0.3 is 24.4 Å². The number of carbonyl (C=O) groups excluding carboxylic acids is 2. The van der Waals surface area contributed by atoms with Crippen LogP contribution in [0.2, 0.25) is 0 Å². The summed E-state index contributed by atoms with van der Waals surface area (Å²) in [5, 5.41) is 3.02. The lowest BCUT2D eigenvalue weighted by Gasteiger charge is -2.32. The van der Waals surface area contributed by atoms with Crippen LogP contribution in [0.1, 0.15) is 35.7 Å². The summed E-state index contributed by atoms with van der Waals surface area (Å²) in [5.74, 6) is 1.85. The lowest BCUT2D eigenvalue weighted by molar-refractivity contribution is -0.124. The van der Waals surface area contributed by atoms with E-state index in [2.05, 4.69) is 12.2 Å². The minimum absolute atomic E-state index is 0.00659. The summed E-state index contributed by atoms with van der Waals surface area (Å²) in [6.45, 7) is 3.43. The number of hydrogen-bond acceptors (Lipinski definition) is 5. The first-order valence-electron chi connectivity index (χ1n) is 10.3.